The molecule has 1 heterocycles. The van der Waals surface area contributed by atoms with Crippen LogP contribution in [0.4, 0.5) is 0 Å². The van der Waals surface area contributed by atoms with Crippen LogP contribution in [0.1, 0.15) is 11.3 Å². The number of hydrogen-bond donors (Lipinski definition) is 0. The van der Waals surface area contributed by atoms with Gasteiger partial charge >= 0.3 is 5.97 Å². The van der Waals surface area contributed by atoms with Gasteiger partial charge in [-0.2, -0.15) is 0 Å². The Morgan fingerprint density at radius 1 is 1.15 bits per heavy atom. The van der Waals surface area contributed by atoms with Crippen LogP contribution in [0.15, 0.2) is 71.8 Å². The fourth-order valence-electron chi connectivity index (χ4n) is 2.27. The second-order valence-corrected chi connectivity index (χ2v) is 7.23. The predicted molar refractivity (Wildman–Crippen MR) is 108 cm³/mol. The summed E-state index contributed by atoms with van der Waals surface area (Å²) in [6, 6.07) is 17.5. The van der Waals surface area contributed by atoms with Crippen LogP contribution in [0, 0.1) is 0 Å². The van der Waals surface area contributed by atoms with Gasteiger partial charge in [-0.05, 0) is 35.9 Å². The van der Waals surface area contributed by atoms with Gasteiger partial charge in [-0.25, -0.2) is 9.48 Å². The third-order valence-electron chi connectivity index (χ3n) is 3.54. The molecule has 0 aliphatic carbocycles. The van der Waals surface area contributed by atoms with Gasteiger partial charge in [0.2, 0.25) is 0 Å². The van der Waals surface area contributed by atoms with E-state index in [0.29, 0.717) is 29.6 Å². The van der Waals surface area contributed by atoms with E-state index in [-0.39, 0.29) is 0 Å². The molecule has 0 unspecified atom stereocenters. The van der Waals surface area contributed by atoms with E-state index in [9.17, 15) is 4.79 Å². The van der Waals surface area contributed by atoms with E-state index in [2.05, 4.69) is 10.3 Å². The van der Waals surface area contributed by atoms with Crippen molar-refractivity contribution in [2.45, 2.75) is 11.4 Å². The Bertz CT molecular complexity index is 895. The molecule has 138 valence electrons. The first kappa shape index (κ1) is 19.2. The average Bonchev–Trinajstić information content (AvgIpc) is 3.13. The summed E-state index contributed by atoms with van der Waals surface area (Å²) in [7, 11) is 0. The Kier molecular flexibility index (Phi) is 7.07. The minimum Gasteiger partial charge on any atom is -0.462 e. The van der Waals surface area contributed by atoms with Crippen molar-refractivity contribution < 1.29 is 9.53 Å². The van der Waals surface area contributed by atoms with Gasteiger partial charge in [-0.1, -0.05) is 47.1 Å². The molecule has 3 rings (SSSR count). The summed E-state index contributed by atoms with van der Waals surface area (Å²) < 4.78 is 6.91. The van der Waals surface area contributed by atoms with Crippen LogP contribution in [0.2, 0.25) is 5.02 Å². The number of esters is 1. The summed E-state index contributed by atoms with van der Waals surface area (Å²) in [6.07, 6.45) is 4.75. The van der Waals surface area contributed by atoms with Crippen molar-refractivity contribution in [1.29, 1.82) is 0 Å². The standard InChI is InChI=1S/C20H18ClN3O2S/c21-17-6-9-19(10-7-17)27-13-12-26-20(25)11-8-18-15-24(23-22-18)14-16-4-2-1-3-5-16/h1-11,15H,12-14H2/b11-8+. The normalized spacial score (nSPS) is 11.0. The number of thioether (sulfide) groups is 1. The largest absolute Gasteiger partial charge is 0.462 e. The summed E-state index contributed by atoms with van der Waals surface area (Å²) in [5, 5.41) is 8.79. The maximum absolute atomic E-state index is 11.8. The van der Waals surface area contributed by atoms with E-state index in [0.717, 1.165) is 10.5 Å². The lowest BCUT2D eigenvalue weighted by molar-refractivity contribution is -0.137. The average molecular weight is 400 g/mol. The molecule has 0 aliphatic heterocycles. The van der Waals surface area contributed by atoms with Gasteiger partial charge in [-0.15, -0.1) is 16.9 Å². The van der Waals surface area contributed by atoms with Crippen molar-refractivity contribution in [3.63, 3.8) is 0 Å². The lowest BCUT2D eigenvalue weighted by Crippen LogP contribution is -2.04. The van der Waals surface area contributed by atoms with E-state index in [4.69, 9.17) is 16.3 Å². The van der Waals surface area contributed by atoms with Crippen LogP contribution >= 0.6 is 23.4 Å². The van der Waals surface area contributed by atoms with Crippen LogP contribution in [-0.2, 0) is 16.1 Å². The Balaban J connectivity index is 1.40. The van der Waals surface area contributed by atoms with Crippen molar-refractivity contribution in [2.24, 2.45) is 0 Å². The van der Waals surface area contributed by atoms with Crippen LogP contribution in [0.25, 0.3) is 6.08 Å². The molecule has 7 heteroatoms. The van der Waals surface area contributed by atoms with Gasteiger partial charge in [0, 0.05) is 21.7 Å². The number of carbonyl (C=O) groups excluding carboxylic acids is 1. The first-order chi connectivity index (χ1) is 13.2. The van der Waals surface area contributed by atoms with Gasteiger partial charge in [-0.3, -0.25) is 0 Å². The molecule has 0 saturated carbocycles. The molecule has 3 aromatic rings. The zero-order chi connectivity index (χ0) is 18.9. The monoisotopic (exact) mass is 399 g/mol. The quantitative estimate of drug-likeness (QED) is 0.244. The first-order valence-electron chi connectivity index (χ1n) is 8.36. The number of nitrogens with zero attached hydrogens (tertiary/aromatic N) is 3. The molecule has 0 amide bonds. The first-order valence-corrected chi connectivity index (χ1v) is 9.73. The third-order valence-corrected chi connectivity index (χ3v) is 4.77. The Morgan fingerprint density at radius 3 is 2.70 bits per heavy atom. The van der Waals surface area contributed by atoms with E-state index < -0.39 is 5.97 Å². The van der Waals surface area contributed by atoms with Gasteiger partial charge in [0.05, 0.1) is 12.7 Å². The van der Waals surface area contributed by atoms with Gasteiger partial charge < -0.3 is 4.74 Å². The molecule has 0 aliphatic rings. The minimum atomic E-state index is -0.399. The zero-order valence-electron chi connectivity index (χ0n) is 14.5. The van der Waals surface area contributed by atoms with E-state index in [1.165, 1.54) is 6.08 Å². The van der Waals surface area contributed by atoms with E-state index in [1.54, 1.807) is 28.7 Å². The van der Waals surface area contributed by atoms with Crippen molar-refractivity contribution in [1.82, 2.24) is 15.0 Å². The number of rotatable bonds is 8. The van der Waals surface area contributed by atoms with Crippen LogP contribution < -0.4 is 0 Å². The van der Waals surface area contributed by atoms with Crippen molar-refractivity contribution in [2.75, 3.05) is 12.4 Å². The molecule has 0 saturated heterocycles. The number of hydrogen-bond acceptors (Lipinski definition) is 5. The van der Waals surface area contributed by atoms with E-state index >= 15 is 0 Å². The summed E-state index contributed by atoms with van der Waals surface area (Å²) >= 11 is 7.45. The van der Waals surface area contributed by atoms with Gasteiger partial charge in [0.15, 0.2) is 0 Å². The molecule has 0 radical (unpaired) electrons. The fraction of sp³-hybridized carbons (Fsp3) is 0.150. The Labute approximate surface area is 167 Å². The molecule has 0 spiro atoms. The van der Waals surface area contributed by atoms with Crippen molar-refractivity contribution in [3.8, 4) is 0 Å². The topological polar surface area (TPSA) is 57.0 Å². The van der Waals surface area contributed by atoms with E-state index in [1.807, 2.05) is 54.6 Å². The number of carbonyl (C=O) groups is 1. The number of benzene rings is 2. The fourth-order valence-corrected chi connectivity index (χ4v) is 3.13. The number of ether oxygens (including phenoxy) is 1. The van der Waals surface area contributed by atoms with Crippen LogP contribution in [0.5, 0.6) is 0 Å². The predicted octanol–water partition coefficient (Wildman–Crippen LogP) is 4.33. The Morgan fingerprint density at radius 2 is 1.93 bits per heavy atom. The maximum Gasteiger partial charge on any atom is 0.330 e. The highest BCUT2D eigenvalue weighted by Gasteiger charge is 2.02. The number of aromatic nitrogens is 3. The molecule has 0 N–H and O–H groups in total. The van der Waals surface area contributed by atoms with Crippen molar-refractivity contribution in [3.05, 3.63) is 83.2 Å². The molecular formula is C20H18ClN3O2S. The molecule has 1 aromatic heterocycles. The molecule has 2 aromatic carbocycles. The minimum absolute atomic E-state index is 0.331. The third kappa shape index (κ3) is 6.58. The molecule has 5 nitrogen and oxygen atoms in total. The highest BCUT2D eigenvalue weighted by atomic mass is 35.5. The molecule has 0 bridgehead atoms. The summed E-state index contributed by atoms with van der Waals surface area (Å²) in [5.41, 5.74) is 1.74. The molecular weight excluding hydrogens is 382 g/mol. The molecule has 0 atom stereocenters. The lowest BCUT2D eigenvalue weighted by atomic mass is 10.2. The van der Waals surface area contributed by atoms with Gasteiger partial charge in [0.1, 0.15) is 12.3 Å². The van der Waals surface area contributed by atoms with Gasteiger partial charge in [0.25, 0.3) is 0 Å². The van der Waals surface area contributed by atoms with Crippen molar-refractivity contribution >= 4 is 35.4 Å². The molecule has 0 fully saturated rings. The highest BCUT2D eigenvalue weighted by molar-refractivity contribution is 7.99. The summed E-state index contributed by atoms with van der Waals surface area (Å²) in [4.78, 5) is 12.9. The summed E-state index contributed by atoms with van der Waals surface area (Å²) in [5.74, 6) is 0.276. The summed E-state index contributed by atoms with van der Waals surface area (Å²) in [6.45, 7) is 0.964. The smallest absolute Gasteiger partial charge is 0.330 e. The maximum atomic E-state index is 11.8. The number of halogens is 1. The second kappa shape index (κ2) is 9.94. The lowest BCUT2D eigenvalue weighted by Gasteiger charge is -2.02. The SMILES string of the molecule is O=C(/C=C/c1cn(Cc2ccccc2)nn1)OCCSc1ccc(Cl)cc1. The van der Waals surface area contributed by atoms with Crippen LogP contribution in [0.3, 0.4) is 0 Å². The molecule has 27 heavy (non-hydrogen) atoms. The van der Waals surface area contributed by atoms with Crippen LogP contribution in [-0.4, -0.2) is 33.3 Å². The zero-order valence-corrected chi connectivity index (χ0v) is 16.1. The highest BCUT2D eigenvalue weighted by Crippen LogP contribution is 2.19. The second-order valence-electron chi connectivity index (χ2n) is 5.63. The Hall–Kier alpha value is -2.57.